The minimum Gasteiger partial charge on any atom is -0.481 e. The minimum absolute atomic E-state index is 0.251. The highest BCUT2D eigenvalue weighted by Gasteiger charge is 2.36. The van der Waals surface area contributed by atoms with Crippen molar-refractivity contribution in [2.75, 3.05) is 0 Å². The van der Waals surface area contributed by atoms with Crippen LogP contribution in [0.3, 0.4) is 0 Å². The summed E-state index contributed by atoms with van der Waals surface area (Å²) in [5.41, 5.74) is 0.672. The van der Waals surface area contributed by atoms with E-state index >= 15 is 0 Å². The molecule has 0 radical (unpaired) electrons. The van der Waals surface area contributed by atoms with Crippen LogP contribution in [0.2, 0.25) is 0 Å². The quantitative estimate of drug-likeness (QED) is 0.897. The van der Waals surface area contributed by atoms with Crippen LogP contribution in [0, 0.1) is 17.7 Å². The normalized spacial score (nSPS) is 23.3. The van der Waals surface area contributed by atoms with Crippen molar-refractivity contribution in [2.45, 2.75) is 38.6 Å². The average Bonchev–Trinajstić information content (AvgIpc) is 2.47. The lowest BCUT2D eigenvalue weighted by Gasteiger charge is -2.28. The van der Waals surface area contributed by atoms with E-state index in [2.05, 4.69) is 5.32 Å². The standard InChI is InChI=1S/C16H20FNO3/c1-10(11-5-4-6-12(17)9-11)18-15(19)13-7-2-3-8-14(13)16(20)21/h4-6,9-10,13-14H,2-3,7-8H2,1H3,(H,18,19)(H,20,21)/t10-,13-,14+/m1/s1. The summed E-state index contributed by atoms with van der Waals surface area (Å²) in [4.78, 5) is 23.6. The van der Waals surface area contributed by atoms with Gasteiger partial charge < -0.3 is 10.4 Å². The van der Waals surface area contributed by atoms with E-state index in [0.29, 0.717) is 18.4 Å². The van der Waals surface area contributed by atoms with Crippen LogP contribution in [0.1, 0.15) is 44.2 Å². The van der Waals surface area contributed by atoms with E-state index in [1.165, 1.54) is 12.1 Å². The molecule has 2 rings (SSSR count). The van der Waals surface area contributed by atoms with Crippen LogP contribution >= 0.6 is 0 Å². The lowest BCUT2D eigenvalue weighted by atomic mass is 9.78. The molecular formula is C16H20FNO3. The summed E-state index contributed by atoms with van der Waals surface area (Å²) >= 11 is 0. The second-order valence-corrected chi connectivity index (χ2v) is 5.62. The van der Waals surface area contributed by atoms with E-state index in [1.54, 1.807) is 19.1 Å². The number of rotatable bonds is 4. The first kappa shape index (κ1) is 15.5. The van der Waals surface area contributed by atoms with Gasteiger partial charge >= 0.3 is 5.97 Å². The van der Waals surface area contributed by atoms with Crippen molar-refractivity contribution in [3.63, 3.8) is 0 Å². The van der Waals surface area contributed by atoms with Gasteiger partial charge in [-0.3, -0.25) is 9.59 Å². The number of benzene rings is 1. The second-order valence-electron chi connectivity index (χ2n) is 5.62. The molecule has 1 amide bonds. The summed E-state index contributed by atoms with van der Waals surface area (Å²) in [7, 11) is 0. The van der Waals surface area contributed by atoms with Crippen LogP contribution in [0.5, 0.6) is 0 Å². The fraction of sp³-hybridized carbons (Fsp3) is 0.500. The third-order valence-corrected chi connectivity index (χ3v) is 4.13. The Hall–Kier alpha value is -1.91. The Bertz CT molecular complexity index is 532. The van der Waals surface area contributed by atoms with Crippen LogP contribution in [-0.2, 0) is 9.59 Å². The minimum atomic E-state index is -0.909. The molecular weight excluding hydrogens is 273 g/mol. The van der Waals surface area contributed by atoms with Crippen LogP contribution in [0.4, 0.5) is 4.39 Å². The molecule has 4 nitrogen and oxygen atoms in total. The highest BCUT2D eigenvalue weighted by molar-refractivity contribution is 5.85. The van der Waals surface area contributed by atoms with E-state index in [0.717, 1.165) is 12.8 Å². The number of halogens is 1. The van der Waals surface area contributed by atoms with E-state index in [4.69, 9.17) is 0 Å². The van der Waals surface area contributed by atoms with Gasteiger partial charge in [0.15, 0.2) is 0 Å². The lowest BCUT2D eigenvalue weighted by molar-refractivity contribution is -0.149. The van der Waals surface area contributed by atoms with Gasteiger partial charge in [0.1, 0.15) is 5.82 Å². The molecule has 0 aromatic heterocycles. The Balaban J connectivity index is 2.04. The van der Waals surface area contributed by atoms with Gasteiger partial charge in [-0.05, 0) is 37.5 Å². The SMILES string of the molecule is C[C@@H](NC(=O)[C@@H]1CCCC[C@@H]1C(=O)O)c1cccc(F)c1. The van der Waals surface area contributed by atoms with Gasteiger partial charge in [-0.15, -0.1) is 0 Å². The lowest BCUT2D eigenvalue weighted by Crippen LogP contribution is -2.40. The van der Waals surface area contributed by atoms with Crippen molar-refractivity contribution in [1.82, 2.24) is 5.32 Å². The molecule has 0 spiro atoms. The molecule has 0 heterocycles. The number of carbonyl (C=O) groups is 2. The van der Waals surface area contributed by atoms with Gasteiger partial charge in [0.25, 0.3) is 0 Å². The van der Waals surface area contributed by atoms with E-state index in [1.807, 2.05) is 0 Å². The van der Waals surface area contributed by atoms with E-state index < -0.39 is 17.8 Å². The van der Waals surface area contributed by atoms with Gasteiger partial charge in [-0.25, -0.2) is 4.39 Å². The number of nitrogens with one attached hydrogen (secondary N) is 1. The summed E-state index contributed by atoms with van der Waals surface area (Å²) in [6.45, 7) is 1.77. The zero-order valence-corrected chi connectivity index (χ0v) is 12.0. The van der Waals surface area contributed by atoms with E-state index in [9.17, 15) is 19.1 Å². The topological polar surface area (TPSA) is 66.4 Å². The molecule has 1 aliphatic rings. The zero-order chi connectivity index (χ0) is 15.4. The predicted octanol–water partition coefficient (Wildman–Crippen LogP) is 2.89. The van der Waals surface area contributed by atoms with Crippen molar-refractivity contribution in [3.8, 4) is 0 Å². The molecule has 21 heavy (non-hydrogen) atoms. The van der Waals surface area contributed by atoms with Gasteiger partial charge in [-0.1, -0.05) is 25.0 Å². The van der Waals surface area contributed by atoms with Crippen molar-refractivity contribution in [3.05, 3.63) is 35.6 Å². The molecule has 2 N–H and O–H groups in total. The van der Waals surface area contributed by atoms with Crippen LogP contribution in [0.25, 0.3) is 0 Å². The first-order chi connectivity index (χ1) is 9.99. The highest BCUT2D eigenvalue weighted by Crippen LogP contribution is 2.31. The fourth-order valence-electron chi connectivity index (χ4n) is 2.92. The summed E-state index contributed by atoms with van der Waals surface area (Å²) in [6.07, 6.45) is 2.86. The van der Waals surface area contributed by atoms with Crippen LogP contribution in [0.15, 0.2) is 24.3 Å². The average molecular weight is 293 g/mol. The van der Waals surface area contributed by atoms with Gasteiger partial charge in [-0.2, -0.15) is 0 Å². The molecule has 0 bridgehead atoms. The Morgan fingerprint density at radius 3 is 2.57 bits per heavy atom. The Morgan fingerprint density at radius 2 is 1.95 bits per heavy atom. The molecule has 1 aromatic rings. The van der Waals surface area contributed by atoms with Crippen molar-refractivity contribution >= 4 is 11.9 Å². The molecule has 1 fully saturated rings. The first-order valence-corrected chi connectivity index (χ1v) is 7.27. The number of carboxylic acid groups (broad SMARTS) is 1. The number of carboxylic acids is 1. The summed E-state index contributed by atoms with van der Waals surface area (Å²) in [5, 5.41) is 12.0. The number of carbonyl (C=O) groups excluding carboxylic acids is 1. The van der Waals surface area contributed by atoms with Gasteiger partial charge in [0.05, 0.1) is 17.9 Å². The zero-order valence-electron chi connectivity index (χ0n) is 12.0. The molecule has 0 saturated heterocycles. The molecule has 1 saturated carbocycles. The van der Waals surface area contributed by atoms with Crippen LogP contribution < -0.4 is 5.32 Å². The summed E-state index contributed by atoms with van der Waals surface area (Å²) in [6, 6.07) is 5.71. The maximum Gasteiger partial charge on any atom is 0.307 e. The molecule has 114 valence electrons. The predicted molar refractivity (Wildman–Crippen MR) is 76.0 cm³/mol. The highest BCUT2D eigenvalue weighted by atomic mass is 19.1. The molecule has 0 aliphatic heterocycles. The molecule has 1 aromatic carbocycles. The Labute approximate surface area is 123 Å². The molecule has 0 unspecified atom stereocenters. The van der Waals surface area contributed by atoms with E-state index in [-0.39, 0.29) is 17.8 Å². The van der Waals surface area contributed by atoms with Crippen molar-refractivity contribution in [1.29, 1.82) is 0 Å². The van der Waals surface area contributed by atoms with Crippen LogP contribution in [-0.4, -0.2) is 17.0 Å². The Morgan fingerprint density at radius 1 is 1.29 bits per heavy atom. The molecule has 5 heteroatoms. The van der Waals surface area contributed by atoms with Gasteiger partial charge in [0.2, 0.25) is 5.91 Å². The molecule has 3 atom stereocenters. The number of aliphatic carboxylic acids is 1. The number of hydrogen-bond acceptors (Lipinski definition) is 2. The maximum absolute atomic E-state index is 13.2. The Kier molecular flexibility index (Phi) is 4.94. The first-order valence-electron chi connectivity index (χ1n) is 7.27. The fourth-order valence-corrected chi connectivity index (χ4v) is 2.92. The van der Waals surface area contributed by atoms with Crippen molar-refractivity contribution < 1.29 is 19.1 Å². The summed E-state index contributed by atoms with van der Waals surface area (Å²) < 4.78 is 13.2. The second kappa shape index (κ2) is 6.70. The smallest absolute Gasteiger partial charge is 0.307 e. The third kappa shape index (κ3) is 3.80. The van der Waals surface area contributed by atoms with Gasteiger partial charge in [0, 0.05) is 0 Å². The maximum atomic E-state index is 13.2. The summed E-state index contributed by atoms with van der Waals surface area (Å²) in [5.74, 6) is -2.62. The monoisotopic (exact) mass is 293 g/mol. The third-order valence-electron chi connectivity index (χ3n) is 4.13. The number of hydrogen-bond donors (Lipinski definition) is 2. The largest absolute Gasteiger partial charge is 0.481 e. The number of amides is 1. The van der Waals surface area contributed by atoms with Crippen molar-refractivity contribution in [2.24, 2.45) is 11.8 Å². The molecule has 1 aliphatic carbocycles.